The molecule has 8 heteroatoms. The van der Waals surface area contributed by atoms with E-state index in [4.69, 9.17) is 9.47 Å². The minimum atomic E-state index is 0.350. The van der Waals surface area contributed by atoms with Crippen molar-refractivity contribution in [3.05, 3.63) is 76.5 Å². The molecule has 0 spiro atoms. The first-order valence-electron chi connectivity index (χ1n) is 9.52. The summed E-state index contributed by atoms with van der Waals surface area (Å²) in [6.45, 7) is 0.350. The fourth-order valence-corrected chi connectivity index (χ4v) is 4.54. The highest BCUT2D eigenvalue weighted by Gasteiger charge is 2.13. The summed E-state index contributed by atoms with van der Waals surface area (Å²) in [5.41, 5.74) is 2.66. The lowest BCUT2D eigenvalue weighted by molar-refractivity contribution is 0.285. The van der Waals surface area contributed by atoms with Crippen molar-refractivity contribution in [3.63, 3.8) is 0 Å². The van der Waals surface area contributed by atoms with Crippen molar-refractivity contribution >= 4 is 59.9 Å². The van der Waals surface area contributed by atoms with Crippen LogP contribution in [0.1, 0.15) is 5.01 Å². The predicted molar refractivity (Wildman–Crippen MR) is 127 cm³/mol. The maximum Gasteiger partial charge on any atom is 0.162 e. The number of rotatable bonds is 6. The van der Waals surface area contributed by atoms with Crippen LogP contribution in [0.25, 0.3) is 21.1 Å². The van der Waals surface area contributed by atoms with Crippen LogP contribution in [0.5, 0.6) is 11.5 Å². The zero-order chi connectivity index (χ0) is 21.2. The number of anilines is 2. The fraction of sp³-hybridized carbons (Fsp3) is 0.0870. The molecule has 154 valence electrons. The van der Waals surface area contributed by atoms with Gasteiger partial charge in [0.2, 0.25) is 0 Å². The average Bonchev–Trinajstić information content (AvgIpc) is 3.20. The van der Waals surface area contributed by atoms with E-state index in [2.05, 4.69) is 42.3 Å². The Kier molecular flexibility index (Phi) is 5.40. The third-order valence-electron chi connectivity index (χ3n) is 4.70. The number of halogens is 1. The molecule has 6 nitrogen and oxygen atoms in total. The maximum absolute atomic E-state index is 6.11. The van der Waals surface area contributed by atoms with Crippen LogP contribution in [0.2, 0.25) is 0 Å². The molecule has 0 amide bonds. The molecule has 0 bridgehead atoms. The molecule has 1 N–H and O–H groups in total. The number of ether oxygens (including phenoxy) is 2. The molecule has 0 aliphatic carbocycles. The van der Waals surface area contributed by atoms with Gasteiger partial charge >= 0.3 is 0 Å². The van der Waals surface area contributed by atoms with Crippen LogP contribution < -0.4 is 14.8 Å². The van der Waals surface area contributed by atoms with Gasteiger partial charge in [-0.2, -0.15) is 0 Å². The van der Waals surface area contributed by atoms with Gasteiger partial charge < -0.3 is 14.8 Å². The summed E-state index contributed by atoms with van der Waals surface area (Å²) >= 11 is 5.12. The van der Waals surface area contributed by atoms with Crippen molar-refractivity contribution in [1.82, 2.24) is 15.0 Å². The van der Waals surface area contributed by atoms with Crippen LogP contribution in [0.4, 0.5) is 11.5 Å². The Morgan fingerprint density at radius 3 is 2.71 bits per heavy atom. The van der Waals surface area contributed by atoms with E-state index < -0.39 is 0 Å². The van der Waals surface area contributed by atoms with Crippen LogP contribution in [0, 0.1) is 0 Å². The molecule has 0 saturated carbocycles. The van der Waals surface area contributed by atoms with E-state index in [9.17, 15) is 0 Å². The van der Waals surface area contributed by atoms with Crippen LogP contribution in [0.3, 0.4) is 0 Å². The van der Waals surface area contributed by atoms with E-state index in [0.29, 0.717) is 23.9 Å². The quantitative estimate of drug-likeness (QED) is 0.298. The first-order valence-corrected chi connectivity index (χ1v) is 11.1. The average molecular weight is 493 g/mol. The van der Waals surface area contributed by atoms with Crippen molar-refractivity contribution in [2.45, 2.75) is 6.61 Å². The molecule has 5 aromatic rings. The third-order valence-corrected chi connectivity index (χ3v) is 6.20. The van der Waals surface area contributed by atoms with Crippen molar-refractivity contribution in [2.24, 2.45) is 0 Å². The van der Waals surface area contributed by atoms with Gasteiger partial charge in [-0.1, -0.05) is 34.1 Å². The summed E-state index contributed by atoms with van der Waals surface area (Å²) in [6.07, 6.45) is 1.53. The van der Waals surface area contributed by atoms with Gasteiger partial charge in [-0.3, -0.25) is 0 Å². The minimum absolute atomic E-state index is 0.350. The first-order chi connectivity index (χ1) is 15.2. The Morgan fingerprint density at radius 1 is 0.968 bits per heavy atom. The second-order valence-corrected chi connectivity index (χ2v) is 8.77. The second-order valence-electron chi connectivity index (χ2n) is 6.74. The Labute approximate surface area is 191 Å². The Bertz CT molecular complexity index is 1360. The number of fused-ring (bicyclic) bond motifs is 2. The van der Waals surface area contributed by atoms with Crippen molar-refractivity contribution in [1.29, 1.82) is 0 Å². The third kappa shape index (κ3) is 4.17. The minimum Gasteiger partial charge on any atom is -0.493 e. The molecule has 31 heavy (non-hydrogen) atoms. The lowest BCUT2D eigenvalue weighted by Crippen LogP contribution is -2.00. The molecule has 5 rings (SSSR count). The Hall–Kier alpha value is -3.23. The highest BCUT2D eigenvalue weighted by Crippen LogP contribution is 2.35. The van der Waals surface area contributed by atoms with E-state index in [-0.39, 0.29) is 0 Å². The molecule has 0 unspecified atom stereocenters. The summed E-state index contributed by atoms with van der Waals surface area (Å²) in [7, 11) is 1.62. The van der Waals surface area contributed by atoms with E-state index in [1.807, 2.05) is 54.6 Å². The van der Waals surface area contributed by atoms with Crippen LogP contribution in [-0.4, -0.2) is 22.1 Å². The Balaban J connectivity index is 1.48. The highest BCUT2D eigenvalue weighted by atomic mass is 79.9. The first kappa shape index (κ1) is 19.7. The lowest BCUT2D eigenvalue weighted by Gasteiger charge is -2.13. The number of nitrogens with zero attached hydrogens (tertiary/aromatic N) is 3. The summed E-state index contributed by atoms with van der Waals surface area (Å²) in [5, 5.41) is 5.09. The van der Waals surface area contributed by atoms with Crippen LogP contribution in [-0.2, 0) is 6.61 Å². The summed E-state index contributed by atoms with van der Waals surface area (Å²) in [4.78, 5) is 13.5. The van der Waals surface area contributed by atoms with E-state index in [0.717, 1.165) is 36.3 Å². The number of para-hydroxylation sites is 1. The zero-order valence-corrected chi connectivity index (χ0v) is 18.9. The molecule has 0 aliphatic rings. The second kappa shape index (κ2) is 8.49. The topological polar surface area (TPSA) is 69.2 Å². The number of nitrogens with one attached hydrogen (secondary N) is 1. The Morgan fingerprint density at radius 2 is 1.87 bits per heavy atom. The van der Waals surface area contributed by atoms with Gasteiger partial charge in [0, 0.05) is 21.6 Å². The van der Waals surface area contributed by atoms with Crippen molar-refractivity contribution in [2.75, 3.05) is 12.4 Å². The van der Waals surface area contributed by atoms with Crippen LogP contribution >= 0.6 is 27.3 Å². The monoisotopic (exact) mass is 492 g/mol. The number of hydrogen-bond acceptors (Lipinski definition) is 7. The summed E-state index contributed by atoms with van der Waals surface area (Å²) < 4.78 is 13.8. The van der Waals surface area contributed by atoms with Crippen molar-refractivity contribution in [3.8, 4) is 11.5 Å². The molecule has 2 heterocycles. The van der Waals surface area contributed by atoms with Gasteiger partial charge in [0.1, 0.15) is 23.8 Å². The van der Waals surface area contributed by atoms with Gasteiger partial charge in [-0.05, 0) is 36.4 Å². The van der Waals surface area contributed by atoms with E-state index in [1.54, 1.807) is 18.4 Å². The van der Waals surface area contributed by atoms with Gasteiger partial charge in [0.25, 0.3) is 0 Å². The molecule has 3 aromatic carbocycles. The molecule has 2 aromatic heterocycles. The van der Waals surface area contributed by atoms with Crippen molar-refractivity contribution < 1.29 is 9.47 Å². The molecular formula is C23H17BrN4O2S. The normalized spacial score (nSPS) is 11.0. The standard InChI is InChI=1S/C23H17BrN4O2S/c1-29-19-11-18-16(23(26-13-25-18)27-15-6-4-5-14(24)9-15)10-20(19)30-12-22-28-17-7-2-3-8-21(17)31-22/h2-11,13H,12H2,1H3,(H,25,26,27). The zero-order valence-electron chi connectivity index (χ0n) is 16.5. The fourth-order valence-electron chi connectivity index (χ4n) is 3.26. The summed E-state index contributed by atoms with van der Waals surface area (Å²) in [6, 6.07) is 19.7. The van der Waals surface area contributed by atoms with Gasteiger partial charge in [0.05, 0.1) is 22.8 Å². The number of thiazole rings is 1. The molecule has 0 aliphatic heterocycles. The SMILES string of the molecule is COc1cc2ncnc(Nc3cccc(Br)c3)c2cc1OCc1nc2ccccc2s1. The van der Waals surface area contributed by atoms with Gasteiger partial charge in [-0.15, -0.1) is 11.3 Å². The van der Waals surface area contributed by atoms with E-state index in [1.165, 1.54) is 6.33 Å². The largest absolute Gasteiger partial charge is 0.493 e. The number of hydrogen-bond donors (Lipinski definition) is 1. The molecule has 0 radical (unpaired) electrons. The number of aromatic nitrogens is 3. The van der Waals surface area contributed by atoms with Gasteiger partial charge in [0.15, 0.2) is 11.5 Å². The lowest BCUT2D eigenvalue weighted by atomic mass is 10.2. The number of methoxy groups -OCH3 is 1. The molecule has 0 fully saturated rings. The molecule has 0 saturated heterocycles. The van der Waals surface area contributed by atoms with Crippen LogP contribution in [0.15, 0.2) is 71.5 Å². The maximum atomic E-state index is 6.11. The predicted octanol–water partition coefficient (Wildman–Crippen LogP) is 6.33. The smallest absolute Gasteiger partial charge is 0.162 e. The van der Waals surface area contributed by atoms with E-state index >= 15 is 0 Å². The van der Waals surface area contributed by atoms with Gasteiger partial charge in [-0.25, -0.2) is 15.0 Å². The number of benzene rings is 3. The summed E-state index contributed by atoms with van der Waals surface area (Å²) in [5.74, 6) is 1.91. The molecule has 0 atom stereocenters. The highest BCUT2D eigenvalue weighted by molar-refractivity contribution is 9.10. The molecular weight excluding hydrogens is 476 g/mol.